The van der Waals surface area contributed by atoms with Crippen LogP contribution in [0.5, 0.6) is 0 Å². The SMILES string of the molecule is CCC1=C(C)C(=O)N=C1/C=c1\[nH]/c(=C\c2[nH]c(/C=C3\NC(=O)C(C)=C3CC)c(CCC(=O)OC)c2C)c(C)c1CCC(=O)OC. The molecule has 2 aromatic heterocycles. The molecule has 238 valence electrons. The quantitative estimate of drug-likeness (QED) is 0.330. The molecule has 0 radical (unpaired) electrons. The second-order valence-electron chi connectivity index (χ2n) is 11.3. The zero-order valence-corrected chi connectivity index (χ0v) is 27.4. The third kappa shape index (κ3) is 6.84. The minimum Gasteiger partial charge on any atom is -0.469 e. The summed E-state index contributed by atoms with van der Waals surface area (Å²) < 4.78 is 9.80. The number of methoxy groups -OCH3 is 2. The second kappa shape index (κ2) is 13.9. The van der Waals surface area contributed by atoms with E-state index in [9.17, 15) is 19.2 Å². The number of hydrogen-bond donors (Lipinski definition) is 3. The van der Waals surface area contributed by atoms with E-state index in [2.05, 4.69) is 20.3 Å². The molecule has 2 aliphatic rings. The number of amides is 2. The number of esters is 2. The van der Waals surface area contributed by atoms with Gasteiger partial charge in [-0.3, -0.25) is 19.2 Å². The highest BCUT2D eigenvalue weighted by molar-refractivity contribution is 6.30. The zero-order chi connectivity index (χ0) is 33.0. The summed E-state index contributed by atoms with van der Waals surface area (Å²) in [6, 6.07) is 0. The Morgan fingerprint density at radius 3 is 1.96 bits per heavy atom. The van der Waals surface area contributed by atoms with Gasteiger partial charge in [-0.25, -0.2) is 4.99 Å². The van der Waals surface area contributed by atoms with Gasteiger partial charge in [-0.05, 0) is 105 Å². The molecule has 0 fully saturated rings. The van der Waals surface area contributed by atoms with Gasteiger partial charge in [0, 0.05) is 51.8 Å². The van der Waals surface area contributed by atoms with Gasteiger partial charge >= 0.3 is 11.9 Å². The summed E-state index contributed by atoms with van der Waals surface area (Å²) in [7, 11) is 2.74. The lowest BCUT2D eigenvalue weighted by molar-refractivity contribution is -0.141. The van der Waals surface area contributed by atoms with Crippen molar-refractivity contribution in [2.75, 3.05) is 14.2 Å². The molecule has 45 heavy (non-hydrogen) atoms. The predicted octanol–water partition coefficient (Wildman–Crippen LogP) is 3.69. The van der Waals surface area contributed by atoms with E-state index in [0.29, 0.717) is 42.5 Å². The number of nitrogens with one attached hydrogen (secondary N) is 3. The average Bonchev–Trinajstić information content (AvgIpc) is 3.67. The monoisotopic (exact) mass is 614 g/mol. The predicted molar refractivity (Wildman–Crippen MR) is 174 cm³/mol. The fraction of sp³-hybridized carbons (Fsp3) is 0.400. The topological polar surface area (TPSA) is 143 Å². The van der Waals surface area contributed by atoms with Crippen LogP contribution in [0.25, 0.3) is 18.2 Å². The number of carbonyl (C=O) groups is 4. The van der Waals surface area contributed by atoms with Gasteiger partial charge in [0.05, 0.1) is 19.9 Å². The number of carbonyl (C=O) groups excluding carboxylic acids is 4. The molecule has 0 saturated carbocycles. The molecule has 0 unspecified atom stereocenters. The van der Waals surface area contributed by atoms with Crippen molar-refractivity contribution in [3.63, 3.8) is 0 Å². The molecule has 2 aromatic rings. The number of aliphatic imine (C=N–C) groups is 1. The Kier molecular flexibility index (Phi) is 10.3. The van der Waals surface area contributed by atoms with Gasteiger partial charge in [-0.1, -0.05) is 13.8 Å². The number of allylic oxidation sites excluding steroid dienone is 2. The molecule has 4 heterocycles. The molecule has 10 nitrogen and oxygen atoms in total. The van der Waals surface area contributed by atoms with Gasteiger partial charge in [0.25, 0.3) is 11.8 Å². The molecule has 0 bridgehead atoms. The van der Waals surface area contributed by atoms with E-state index in [0.717, 1.165) is 61.2 Å². The lowest BCUT2D eigenvalue weighted by Crippen LogP contribution is -2.16. The second-order valence-corrected chi connectivity index (χ2v) is 11.3. The van der Waals surface area contributed by atoms with Crippen LogP contribution in [0, 0.1) is 13.8 Å². The van der Waals surface area contributed by atoms with E-state index in [-0.39, 0.29) is 36.6 Å². The number of rotatable bonds is 11. The van der Waals surface area contributed by atoms with Crippen LogP contribution in [0.1, 0.15) is 87.0 Å². The first-order chi connectivity index (χ1) is 21.4. The number of aromatic nitrogens is 2. The van der Waals surface area contributed by atoms with E-state index >= 15 is 0 Å². The molecule has 0 aromatic carbocycles. The molecule has 10 heteroatoms. The smallest absolute Gasteiger partial charge is 0.305 e. The summed E-state index contributed by atoms with van der Waals surface area (Å²) in [5, 5.41) is 4.57. The van der Waals surface area contributed by atoms with Crippen molar-refractivity contribution >= 4 is 47.7 Å². The summed E-state index contributed by atoms with van der Waals surface area (Å²) in [4.78, 5) is 60.3. The first-order valence-electron chi connectivity index (χ1n) is 15.3. The maximum absolute atomic E-state index is 12.4. The normalized spacial score (nSPS) is 16.8. The first kappa shape index (κ1) is 33.2. The largest absolute Gasteiger partial charge is 0.469 e. The van der Waals surface area contributed by atoms with Crippen LogP contribution in [0.2, 0.25) is 0 Å². The number of hydrogen-bond acceptors (Lipinski definition) is 6. The highest BCUT2D eigenvalue weighted by atomic mass is 16.5. The third-order valence-electron chi connectivity index (χ3n) is 8.75. The lowest BCUT2D eigenvalue weighted by Gasteiger charge is -2.06. The minimum atomic E-state index is -0.312. The lowest BCUT2D eigenvalue weighted by atomic mass is 10.0. The van der Waals surface area contributed by atoms with Gasteiger partial charge in [0.2, 0.25) is 0 Å². The summed E-state index contributed by atoms with van der Waals surface area (Å²) in [5.74, 6) is -0.964. The average molecular weight is 615 g/mol. The summed E-state index contributed by atoms with van der Waals surface area (Å²) in [6.07, 6.45) is 8.49. The molecule has 4 rings (SSSR count). The van der Waals surface area contributed by atoms with Crippen molar-refractivity contribution in [2.45, 2.75) is 80.1 Å². The Morgan fingerprint density at radius 2 is 1.36 bits per heavy atom. The van der Waals surface area contributed by atoms with E-state index in [4.69, 9.17) is 9.47 Å². The molecule has 3 N–H and O–H groups in total. The van der Waals surface area contributed by atoms with Crippen molar-refractivity contribution in [3.05, 3.63) is 72.3 Å². The van der Waals surface area contributed by atoms with Crippen LogP contribution in [0.15, 0.2) is 33.0 Å². The molecular formula is C35H42N4O6. The number of H-pyrrole nitrogens is 2. The van der Waals surface area contributed by atoms with Crippen LogP contribution < -0.4 is 16.0 Å². The maximum atomic E-state index is 12.4. The van der Waals surface area contributed by atoms with Crippen molar-refractivity contribution in [1.82, 2.24) is 15.3 Å². The number of ether oxygens (including phenoxy) is 2. The van der Waals surface area contributed by atoms with E-state index in [1.807, 2.05) is 52.8 Å². The molecular weight excluding hydrogens is 572 g/mol. The van der Waals surface area contributed by atoms with E-state index in [1.54, 1.807) is 6.92 Å². The summed E-state index contributed by atoms with van der Waals surface area (Å²) >= 11 is 0. The highest BCUT2D eigenvalue weighted by Gasteiger charge is 2.24. The first-order valence-corrected chi connectivity index (χ1v) is 15.3. The minimum absolute atomic E-state index is 0.112. The van der Waals surface area contributed by atoms with Crippen LogP contribution >= 0.6 is 0 Å². The third-order valence-corrected chi connectivity index (χ3v) is 8.75. The van der Waals surface area contributed by atoms with E-state index < -0.39 is 0 Å². The van der Waals surface area contributed by atoms with Crippen LogP contribution in [-0.4, -0.2) is 53.7 Å². The molecule has 0 spiro atoms. The Balaban J connectivity index is 1.89. The number of nitrogens with zero attached hydrogens (tertiary/aromatic N) is 1. The van der Waals surface area contributed by atoms with Crippen molar-refractivity contribution < 1.29 is 28.7 Å². The highest BCUT2D eigenvalue weighted by Crippen LogP contribution is 2.29. The fourth-order valence-corrected chi connectivity index (χ4v) is 5.98. The summed E-state index contributed by atoms with van der Waals surface area (Å²) in [6.45, 7) is 11.6. The molecule has 0 saturated heterocycles. The molecule has 0 aliphatic carbocycles. The van der Waals surface area contributed by atoms with E-state index in [1.165, 1.54) is 14.2 Å². The molecule has 2 aliphatic heterocycles. The van der Waals surface area contributed by atoms with Gasteiger partial charge in [0.15, 0.2) is 0 Å². The molecule has 0 atom stereocenters. The number of aromatic amines is 2. The van der Waals surface area contributed by atoms with Crippen LogP contribution in [-0.2, 0) is 41.5 Å². The Labute approximate surface area is 263 Å². The molecule has 2 amide bonds. The van der Waals surface area contributed by atoms with Gasteiger partial charge in [-0.2, -0.15) is 0 Å². The fourth-order valence-electron chi connectivity index (χ4n) is 5.98. The van der Waals surface area contributed by atoms with Crippen molar-refractivity contribution in [1.29, 1.82) is 0 Å². The van der Waals surface area contributed by atoms with Crippen LogP contribution in [0.4, 0.5) is 0 Å². The van der Waals surface area contributed by atoms with Gasteiger partial charge in [0.1, 0.15) is 0 Å². The van der Waals surface area contributed by atoms with Gasteiger partial charge in [-0.15, -0.1) is 0 Å². The Bertz CT molecular complexity index is 1830. The Morgan fingerprint density at radius 1 is 0.733 bits per heavy atom. The van der Waals surface area contributed by atoms with Crippen molar-refractivity contribution in [2.24, 2.45) is 4.99 Å². The zero-order valence-electron chi connectivity index (χ0n) is 27.4. The Hall–Kier alpha value is -4.73. The standard InChI is InChI=1S/C35H42N4O6/c1-9-22-20(5)34(42)38-28(22)16-30-24(11-13-32(40)44-7)18(3)26(36-30)15-27-19(4)25(12-14-33(41)45-8)31(37-27)17-29-23(10-2)21(6)35(43)39-29/h15-17,36-37H,9-14H2,1-8H3,(H,38,42)/b27-15-,28-16-,31-17-. The van der Waals surface area contributed by atoms with Crippen LogP contribution in [0.3, 0.4) is 0 Å². The summed E-state index contributed by atoms with van der Waals surface area (Å²) in [5.41, 5.74) is 9.99. The van der Waals surface area contributed by atoms with Gasteiger partial charge < -0.3 is 24.8 Å². The van der Waals surface area contributed by atoms with Crippen molar-refractivity contribution in [3.8, 4) is 0 Å². The maximum Gasteiger partial charge on any atom is 0.305 e.